The average molecular weight is 528 g/mol. The molecule has 3 N–H and O–H groups in total. The minimum Gasteiger partial charge on any atom is -0.339 e. The molecule has 0 aliphatic heterocycles. The van der Waals surface area contributed by atoms with Crippen LogP contribution in [0.2, 0.25) is 0 Å². The van der Waals surface area contributed by atoms with E-state index in [4.69, 9.17) is 0 Å². The second-order valence-electron chi connectivity index (χ2n) is 8.94. The molecule has 0 saturated carbocycles. The Morgan fingerprint density at radius 3 is 2.62 bits per heavy atom. The quantitative estimate of drug-likeness (QED) is 0.285. The van der Waals surface area contributed by atoms with E-state index in [0.29, 0.717) is 17.5 Å². The van der Waals surface area contributed by atoms with Crippen molar-refractivity contribution >= 4 is 38.3 Å². The fraction of sp³-hybridized carbons (Fsp3) is 0.231. The summed E-state index contributed by atoms with van der Waals surface area (Å²) in [5.41, 5.74) is 2.34. The first-order valence-corrected chi connectivity index (χ1v) is 13.2. The lowest BCUT2D eigenvalue weighted by Crippen LogP contribution is -2.20. The second-order valence-corrected chi connectivity index (χ2v) is 10.8. The summed E-state index contributed by atoms with van der Waals surface area (Å²) in [6.45, 7) is 2.44. The number of halogens is 2. The number of hydrogen-bond donors (Lipinski definition) is 3. The summed E-state index contributed by atoms with van der Waals surface area (Å²) in [5.74, 6) is -3.73. The zero-order valence-corrected chi connectivity index (χ0v) is 21.4. The van der Waals surface area contributed by atoms with Gasteiger partial charge in [0.15, 0.2) is 5.82 Å². The molecule has 11 heteroatoms. The third-order valence-electron chi connectivity index (χ3n) is 5.52. The molecule has 4 rings (SSSR count). The van der Waals surface area contributed by atoms with Crippen LogP contribution in [0.1, 0.15) is 29.3 Å². The summed E-state index contributed by atoms with van der Waals surface area (Å²) in [5, 5.41) is 3.14. The van der Waals surface area contributed by atoms with Gasteiger partial charge >= 0.3 is 0 Å². The summed E-state index contributed by atoms with van der Waals surface area (Å²) in [6, 6.07) is 13.3. The number of benzene rings is 2. The summed E-state index contributed by atoms with van der Waals surface area (Å²) in [4.78, 5) is 22.4. The van der Waals surface area contributed by atoms with Gasteiger partial charge in [-0.05, 0) is 62.0 Å². The van der Waals surface area contributed by atoms with Crippen molar-refractivity contribution in [3.05, 3.63) is 77.5 Å². The van der Waals surface area contributed by atoms with Gasteiger partial charge in [-0.15, -0.1) is 0 Å². The maximum atomic E-state index is 15.0. The van der Waals surface area contributed by atoms with Gasteiger partial charge in [0.2, 0.25) is 10.0 Å². The Hall–Kier alpha value is -3.83. The van der Waals surface area contributed by atoms with Crippen LogP contribution in [0.4, 0.5) is 20.2 Å². The third kappa shape index (κ3) is 6.12. The van der Waals surface area contributed by atoms with Gasteiger partial charge in [0, 0.05) is 17.6 Å². The molecule has 37 heavy (non-hydrogen) atoms. The number of nitrogens with zero attached hydrogens (tertiary/aromatic N) is 2. The zero-order valence-electron chi connectivity index (χ0n) is 20.6. The SMILES string of the molecule is CCCS(=O)(=O)Nc1ccc(F)c(C(=O)Nc2cnc3[nH]c(-c4cccc(CN(C)C)c4)cc3c2)c1F. The van der Waals surface area contributed by atoms with Crippen molar-refractivity contribution in [2.45, 2.75) is 19.9 Å². The van der Waals surface area contributed by atoms with Gasteiger partial charge in [-0.25, -0.2) is 22.2 Å². The number of sulfonamides is 1. The minimum absolute atomic E-state index is 0.222. The molecule has 1 amide bonds. The van der Waals surface area contributed by atoms with E-state index in [9.17, 15) is 22.0 Å². The summed E-state index contributed by atoms with van der Waals surface area (Å²) in [7, 11) is 0.153. The molecule has 0 aliphatic carbocycles. The molecule has 0 radical (unpaired) electrons. The molecule has 0 unspecified atom stereocenters. The van der Waals surface area contributed by atoms with Crippen LogP contribution in [0.15, 0.2) is 54.7 Å². The van der Waals surface area contributed by atoms with Crippen molar-refractivity contribution in [2.24, 2.45) is 0 Å². The van der Waals surface area contributed by atoms with Gasteiger partial charge < -0.3 is 15.2 Å². The minimum atomic E-state index is -3.84. The molecule has 2 aromatic heterocycles. The highest BCUT2D eigenvalue weighted by atomic mass is 32.2. The molecule has 0 atom stereocenters. The Morgan fingerprint density at radius 2 is 1.89 bits per heavy atom. The first-order chi connectivity index (χ1) is 17.6. The van der Waals surface area contributed by atoms with Crippen LogP contribution in [-0.4, -0.2) is 49.0 Å². The number of nitrogens with one attached hydrogen (secondary N) is 3. The number of fused-ring (bicyclic) bond motifs is 1. The molecule has 0 fully saturated rings. The molecule has 0 saturated heterocycles. The largest absolute Gasteiger partial charge is 0.339 e. The highest BCUT2D eigenvalue weighted by Gasteiger charge is 2.23. The fourth-order valence-corrected chi connectivity index (χ4v) is 5.09. The smallest absolute Gasteiger partial charge is 0.261 e. The Bertz CT molecular complexity index is 1570. The van der Waals surface area contributed by atoms with Crippen LogP contribution in [0, 0.1) is 11.6 Å². The van der Waals surface area contributed by atoms with E-state index in [-0.39, 0.29) is 11.4 Å². The molecular formula is C26H27F2N5O3S. The number of hydrogen-bond acceptors (Lipinski definition) is 5. The van der Waals surface area contributed by atoms with Crippen molar-refractivity contribution in [1.82, 2.24) is 14.9 Å². The number of amides is 1. The summed E-state index contributed by atoms with van der Waals surface area (Å²) >= 11 is 0. The predicted molar refractivity (Wildman–Crippen MR) is 141 cm³/mol. The monoisotopic (exact) mass is 527 g/mol. The van der Waals surface area contributed by atoms with Crippen LogP contribution >= 0.6 is 0 Å². The number of carbonyl (C=O) groups excluding carboxylic acids is 1. The van der Waals surface area contributed by atoms with Gasteiger partial charge in [-0.2, -0.15) is 0 Å². The lowest BCUT2D eigenvalue weighted by atomic mass is 10.1. The Kier molecular flexibility index (Phi) is 7.55. The molecule has 8 nitrogen and oxygen atoms in total. The molecule has 0 spiro atoms. The Labute approximate surface area is 213 Å². The van der Waals surface area contributed by atoms with Crippen LogP contribution in [0.5, 0.6) is 0 Å². The first-order valence-electron chi connectivity index (χ1n) is 11.6. The lowest BCUT2D eigenvalue weighted by molar-refractivity contribution is 0.101. The number of aromatic amines is 1. The number of pyridine rings is 1. The first kappa shape index (κ1) is 26.2. The topological polar surface area (TPSA) is 107 Å². The van der Waals surface area contributed by atoms with Gasteiger partial charge in [0.25, 0.3) is 5.91 Å². The van der Waals surface area contributed by atoms with Gasteiger partial charge in [-0.1, -0.05) is 25.1 Å². The van der Waals surface area contributed by atoms with Crippen LogP contribution in [0.25, 0.3) is 22.3 Å². The van der Waals surface area contributed by atoms with E-state index in [0.717, 1.165) is 35.5 Å². The molecule has 2 heterocycles. The summed E-state index contributed by atoms with van der Waals surface area (Å²) < 4.78 is 55.5. The predicted octanol–water partition coefficient (Wildman–Crippen LogP) is 4.97. The van der Waals surface area contributed by atoms with E-state index >= 15 is 0 Å². The van der Waals surface area contributed by atoms with Crippen LogP contribution < -0.4 is 10.0 Å². The fourth-order valence-electron chi connectivity index (χ4n) is 3.96. The average Bonchev–Trinajstić information content (AvgIpc) is 3.24. The van der Waals surface area contributed by atoms with Gasteiger partial charge in [0.05, 0.1) is 23.3 Å². The number of anilines is 2. The zero-order chi connectivity index (χ0) is 26.7. The van der Waals surface area contributed by atoms with Crippen molar-refractivity contribution in [3.8, 4) is 11.3 Å². The van der Waals surface area contributed by atoms with E-state index < -0.39 is 38.8 Å². The van der Waals surface area contributed by atoms with E-state index in [1.54, 1.807) is 13.0 Å². The molecule has 2 aromatic carbocycles. The molecule has 194 valence electrons. The Balaban J connectivity index is 1.59. The number of carbonyl (C=O) groups is 1. The van der Waals surface area contributed by atoms with E-state index in [1.165, 1.54) is 6.20 Å². The van der Waals surface area contributed by atoms with Gasteiger partial charge in [-0.3, -0.25) is 9.52 Å². The maximum Gasteiger partial charge on any atom is 0.261 e. The van der Waals surface area contributed by atoms with E-state index in [2.05, 4.69) is 31.0 Å². The van der Waals surface area contributed by atoms with E-state index in [1.807, 2.05) is 38.4 Å². The lowest BCUT2D eigenvalue weighted by Gasteiger charge is -2.12. The third-order valence-corrected chi connectivity index (χ3v) is 7.00. The van der Waals surface area contributed by atoms with Crippen molar-refractivity contribution < 1.29 is 22.0 Å². The highest BCUT2D eigenvalue weighted by molar-refractivity contribution is 7.92. The highest BCUT2D eigenvalue weighted by Crippen LogP contribution is 2.27. The number of aromatic nitrogens is 2. The number of H-pyrrole nitrogens is 1. The summed E-state index contributed by atoms with van der Waals surface area (Å²) in [6.07, 6.45) is 1.68. The van der Waals surface area contributed by atoms with Crippen molar-refractivity contribution in [1.29, 1.82) is 0 Å². The maximum absolute atomic E-state index is 15.0. The van der Waals surface area contributed by atoms with Crippen molar-refractivity contribution in [2.75, 3.05) is 29.9 Å². The normalized spacial score (nSPS) is 11.7. The second kappa shape index (κ2) is 10.7. The standard InChI is InChI=1S/C26H27F2N5O3S/c1-4-10-37(35,36)32-21-9-8-20(27)23(24(21)28)26(34)30-19-12-18-13-22(31-25(18)29-14-19)17-7-5-6-16(11-17)15-33(2)3/h5-9,11-14,32H,4,10,15H2,1-3H3,(H,29,31)(H,30,34). The van der Waals surface area contributed by atoms with Crippen LogP contribution in [-0.2, 0) is 16.6 Å². The van der Waals surface area contributed by atoms with Crippen LogP contribution in [0.3, 0.4) is 0 Å². The molecule has 4 aromatic rings. The Morgan fingerprint density at radius 1 is 1.11 bits per heavy atom. The van der Waals surface area contributed by atoms with Gasteiger partial charge in [0.1, 0.15) is 17.0 Å². The molecule has 0 bridgehead atoms. The number of rotatable bonds is 9. The molecular weight excluding hydrogens is 500 g/mol. The van der Waals surface area contributed by atoms with Crippen molar-refractivity contribution in [3.63, 3.8) is 0 Å². The molecule has 0 aliphatic rings.